The van der Waals surface area contributed by atoms with Crippen molar-refractivity contribution < 1.29 is 22.7 Å². The largest absolute Gasteiger partial charge is 0.457 e. The summed E-state index contributed by atoms with van der Waals surface area (Å²) in [4.78, 5) is 12.7. The van der Waals surface area contributed by atoms with E-state index < -0.39 is 22.7 Å². The Morgan fingerprint density at radius 1 is 0.971 bits per heavy atom. The Balaban J connectivity index is 1.54. The first-order valence-corrected chi connectivity index (χ1v) is 11.0. The lowest BCUT2D eigenvalue weighted by Gasteiger charge is -2.12. The van der Waals surface area contributed by atoms with Gasteiger partial charge in [0.15, 0.2) is 0 Å². The van der Waals surface area contributed by atoms with Crippen molar-refractivity contribution in [1.29, 1.82) is 0 Å². The van der Waals surface area contributed by atoms with Crippen LogP contribution < -0.4 is 21.1 Å². The van der Waals surface area contributed by atoms with Gasteiger partial charge in [0.25, 0.3) is 0 Å². The Hall–Kier alpha value is -3.14. The quantitative estimate of drug-likeness (QED) is 0.307. The molecule has 4 N–H and O–H groups in total. The van der Waals surface area contributed by atoms with E-state index in [1.54, 1.807) is 24.3 Å². The molecule has 0 fully saturated rings. The molecule has 0 bridgehead atoms. The fraction of sp³-hybridized carbons (Fsp3) is 0.167. The van der Waals surface area contributed by atoms with E-state index in [4.69, 9.17) is 34.3 Å². The van der Waals surface area contributed by atoms with Crippen LogP contribution in [0.4, 0.5) is 24.5 Å². The molecule has 5 nitrogen and oxygen atoms in total. The van der Waals surface area contributed by atoms with Gasteiger partial charge in [-0.05, 0) is 54.4 Å². The van der Waals surface area contributed by atoms with Gasteiger partial charge in [-0.2, -0.15) is 13.2 Å². The van der Waals surface area contributed by atoms with Crippen LogP contribution in [0, 0.1) is 0 Å². The molecule has 0 aliphatic heterocycles. The zero-order chi connectivity index (χ0) is 24.7. The van der Waals surface area contributed by atoms with Crippen molar-refractivity contribution in [2.45, 2.75) is 19.0 Å². The summed E-state index contributed by atoms with van der Waals surface area (Å²) in [5, 5.41) is 5.06. The number of thiocarbonyl (C=S) groups is 1. The van der Waals surface area contributed by atoms with Crippen molar-refractivity contribution in [3.8, 4) is 11.5 Å². The molecule has 1 amide bonds. The van der Waals surface area contributed by atoms with Gasteiger partial charge in [0, 0.05) is 30.4 Å². The number of hydrogen-bond donors (Lipinski definition) is 3. The summed E-state index contributed by atoms with van der Waals surface area (Å²) in [5.74, 6) is 0.807. The lowest BCUT2D eigenvalue weighted by Crippen LogP contribution is -2.19. The first-order chi connectivity index (χ1) is 16.1. The molecule has 0 aliphatic rings. The van der Waals surface area contributed by atoms with Crippen LogP contribution in [-0.2, 0) is 17.4 Å². The Morgan fingerprint density at radius 2 is 1.68 bits per heavy atom. The molecular formula is C24H21ClF3N3O2S. The number of nitrogens with one attached hydrogen (secondary N) is 2. The number of hydrogen-bond acceptors (Lipinski definition) is 4. The first kappa shape index (κ1) is 25.5. The fourth-order valence-electron chi connectivity index (χ4n) is 3.01. The van der Waals surface area contributed by atoms with Crippen LogP contribution in [0.3, 0.4) is 0 Å². The van der Waals surface area contributed by atoms with Gasteiger partial charge in [-0.1, -0.05) is 42.0 Å². The van der Waals surface area contributed by atoms with Crippen molar-refractivity contribution in [2.75, 3.05) is 17.2 Å². The molecule has 3 rings (SSSR count). The number of amides is 1. The number of alkyl halides is 3. The lowest BCUT2D eigenvalue weighted by molar-refractivity contribution is -0.137. The van der Waals surface area contributed by atoms with Crippen molar-refractivity contribution in [3.63, 3.8) is 0 Å². The maximum Gasteiger partial charge on any atom is 0.417 e. The molecule has 0 aliphatic carbocycles. The highest BCUT2D eigenvalue weighted by atomic mass is 35.5. The second kappa shape index (κ2) is 11.3. The molecule has 0 saturated heterocycles. The fourth-order valence-corrected chi connectivity index (χ4v) is 3.35. The molecule has 0 atom stereocenters. The van der Waals surface area contributed by atoms with Gasteiger partial charge in [-0.15, -0.1) is 0 Å². The third kappa shape index (κ3) is 7.44. The summed E-state index contributed by atoms with van der Waals surface area (Å²) in [6.07, 6.45) is -4.10. The molecule has 178 valence electrons. The minimum atomic E-state index is -4.60. The minimum absolute atomic E-state index is 0.0365. The molecule has 0 aromatic heterocycles. The van der Waals surface area contributed by atoms with Crippen LogP contribution in [0.25, 0.3) is 0 Å². The Labute approximate surface area is 205 Å². The standard InChI is InChI=1S/C24H21ClF3N3O2S/c25-21-10-7-17(13-20(21)24(26,27)28)30-22(32)11-6-15-4-8-18(9-5-15)33-19-3-1-2-16(12-19)31-23(34)14-29/h1-5,7-10,12-13H,6,11,14,29H2,(H,30,32)(H,31,34). The zero-order valence-corrected chi connectivity index (χ0v) is 19.4. The van der Waals surface area contributed by atoms with E-state index in [-0.39, 0.29) is 18.7 Å². The Kier molecular flexibility index (Phi) is 8.49. The second-order valence-corrected chi connectivity index (χ2v) is 8.17. The number of halogens is 4. The van der Waals surface area contributed by atoms with Gasteiger partial charge in [0.1, 0.15) is 11.5 Å². The highest BCUT2D eigenvalue weighted by molar-refractivity contribution is 7.80. The first-order valence-electron chi connectivity index (χ1n) is 10.2. The normalized spacial score (nSPS) is 11.1. The van der Waals surface area contributed by atoms with Crippen LogP contribution in [-0.4, -0.2) is 17.4 Å². The maximum absolute atomic E-state index is 13.0. The summed E-state index contributed by atoms with van der Waals surface area (Å²) in [6.45, 7) is 0.244. The van der Waals surface area contributed by atoms with Crippen LogP contribution in [0.5, 0.6) is 11.5 Å². The van der Waals surface area contributed by atoms with Crippen molar-refractivity contribution >= 4 is 46.1 Å². The lowest BCUT2D eigenvalue weighted by atomic mass is 10.1. The number of ether oxygens (including phenoxy) is 1. The highest BCUT2D eigenvalue weighted by Gasteiger charge is 2.33. The Morgan fingerprint density at radius 3 is 2.35 bits per heavy atom. The summed E-state index contributed by atoms with van der Waals surface area (Å²) in [7, 11) is 0. The number of nitrogens with two attached hydrogens (primary N) is 1. The molecule has 0 heterocycles. The minimum Gasteiger partial charge on any atom is -0.457 e. The average molecular weight is 508 g/mol. The summed E-state index contributed by atoms with van der Waals surface area (Å²) in [5.41, 5.74) is 6.18. The zero-order valence-electron chi connectivity index (χ0n) is 17.8. The van der Waals surface area contributed by atoms with Crippen LogP contribution in [0.1, 0.15) is 17.5 Å². The number of carbonyl (C=O) groups is 1. The van der Waals surface area contributed by atoms with E-state index in [9.17, 15) is 18.0 Å². The Bertz CT molecular complexity index is 1170. The van der Waals surface area contributed by atoms with Gasteiger partial charge in [0.05, 0.1) is 15.6 Å². The van der Waals surface area contributed by atoms with Crippen LogP contribution >= 0.6 is 23.8 Å². The van der Waals surface area contributed by atoms with Crippen molar-refractivity contribution in [2.24, 2.45) is 5.73 Å². The van der Waals surface area contributed by atoms with Gasteiger partial charge in [-0.3, -0.25) is 4.79 Å². The number of aryl methyl sites for hydroxylation is 1. The molecule has 0 spiro atoms. The average Bonchev–Trinajstić information content (AvgIpc) is 2.79. The van der Waals surface area contributed by atoms with Gasteiger partial charge >= 0.3 is 6.18 Å². The predicted molar refractivity (Wildman–Crippen MR) is 132 cm³/mol. The third-order valence-corrected chi connectivity index (χ3v) is 5.26. The maximum atomic E-state index is 13.0. The second-order valence-electron chi connectivity index (χ2n) is 7.27. The number of benzene rings is 3. The number of anilines is 2. The monoisotopic (exact) mass is 507 g/mol. The summed E-state index contributed by atoms with van der Waals surface area (Å²) >= 11 is 10.7. The van der Waals surface area contributed by atoms with Crippen LogP contribution in [0.15, 0.2) is 66.7 Å². The van der Waals surface area contributed by atoms with E-state index in [0.717, 1.165) is 23.4 Å². The molecule has 0 unspecified atom stereocenters. The van der Waals surface area contributed by atoms with E-state index in [1.807, 2.05) is 24.3 Å². The molecule has 0 saturated carbocycles. The SMILES string of the molecule is NCC(=S)Nc1cccc(Oc2ccc(CCC(=O)Nc3ccc(Cl)c(C(F)(F)F)c3)cc2)c1. The van der Waals surface area contributed by atoms with Crippen LogP contribution in [0.2, 0.25) is 5.02 Å². The summed E-state index contributed by atoms with van der Waals surface area (Å²) < 4.78 is 44.8. The van der Waals surface area contributed by atoms with Gasteiger partial charge in [0.2, 0.25) is 5.91 Å². The third-order valence-electron chi connectivity index (χ3n) is 4.66. The van der Waals surface area contributed by atoms with E-state index in [0.29, 0.717) is 22.9 Å². The van der Waals surface area contributed by atoms with E-state index >= 15 is 0 Å². The molecule has 3 aromatic rings. The van der Waals surface area contributed by atoms with Crippen molar-refractivity contribution in [3.05, 3.63) is 82.9 Å². The van der Waals surface area contributed by atoms with Gasteiger partial charge < -0.3 is 21.1 Å². The highest BCUT2D eigenvalue weighted by Crippen LogP contribution is 2.36. The van der Waals surface area contributed by atoms with Crippen molar-refractivity contribution in [1.82, 2.24) is 0 Å². The molecule has 10 heteroatoms. The number of rotatable bonds is 8. The summed E-state index contributed by atoms with van der Waals surface area (Å²) in [6, 6.07) is 17.7. The molecular weight excluding hydrogens is 487 g/mol. The predicted octanol–water partition coefficient (Wildman–Crippen LogP) is 6.42. The van der Waals surface area contributed by atoms with E-state index in [1.165, 1.54) is 6.07 Å². The van der Waals surface area contributed by atoms with E-state index in [2.05, 4.69) is 10.6 Å². The molecule has 0 radical (unpaired) electrons. The topological polar surface area (TPSA) is 76.4 Å². The molecule has 3 aromatic carbocycles. The smallest absolute Gasteiger partial charge is 0.417 e. The van der Waals surface area contributed by atoms with Gasteiger partial charge in [-0.25, -0.2) is 0 Å². The number of carbonyl (C=O) groups excluding carboxylic acids is 1. The molecule has 34 heavy (non-hydrogen) atoms.